The summed E-state index contributed by atoms with van der Waals surface area (Å²) in [5, 5.41) is 29.5. The van der Waals surface area contributed by atoms with Crippen LogP contribution in [-0.4, -0.2) is 70.1 Å². The van der Waals surface area contributed by atoms with Crippen molar-refractivity contribution in [3.63, 3.8) is 0 Å². The van der Waals surface area contributed by atoms with Crippen LogP contribution in [0.5, 0.6) is 11.5 Å². The number of carbonyl (C=O) groups excluding carboxylic acids is 1. The number of carbonyl (C=O) groups is 2. The maximum absolute atomic E-state index is 12.5. The highest BCUT2D eigenvalue weighted by atomic mass is 16.7. The summed E-state index contributed by atoms with van der Waals surface area (Å²) in [4.78, 5) is 24.1. The molecule has 0 unspecified atom stereocenters. The predicted octanol–water partition coefficient (Wildman–Crippen LogP) is 1.45. The molecular weight excluding hydrogens is 366 g/mol. The summed E-state index contributed by atoms with van der Waals surface area (Å²) in [6.07, 6.45) is 0.396. The van der Waals surface area contributed by atoms with E-state index in [2.05, 4.69) is 9.64 Å². The van der Waals surface area contributed by atoms with Crippen molar-refractivity contribution in [2.75, 3.05) is 20.2 Å². The zero-order valence-electron chi connectivity index (χ0n) is 16.0. The molecule has 4 aliphatic rings. The third-order valence-electron chi connectivity index (χ3n) is 6.79. The van der Waals surface area contributed by atoms with Gasteiger partial charge in [0.05, 0.1) is 17.6 Å². The lowest BCUT2D eigenvalue weighted by Crippen LogP contribution is -2.76. The molecule has 8 heteroatoms. The highest BCUT2D eigenvalue weighted by Gasteiger charge is 2.72. The average Bonchev–Trinajstić information content (AvgIpc) is 3.00. The highest BCUT2D eigenvalue weighted by Crippen LogP contribution is 2.64. The van der Waals surface area contributed by atoms with Crippen LogP contribution in [0.1, 0.15) is 37.3 Å². The quantitative estimate of drug-likeness (QED) is 0.616. The Bertz CT molecular complexity index is 840. The number of ether oxygens (including phenoxy) is 2. The monoisotopic (exact) mass is 391 g/mol. The SMILES string of the molecule is CCOC(=O)O.CN1CC[C@]23c4c5ccc(O)c4O[C@H]2C(=O)CC[C@@]3(O)[C@H]1C5. The van der Waals surface area contributed by atoms with E-state index < -0.39 is 23.3 Å². The molecule has 3 N–H and O–H groups in total. The number of likely N-dealkylation sites (tertiary alicyclic amines) is 1. The number of Topliss-reactive ketones (excluding diaryl/α,β-unsaturated/α-hetero) is 1. The zero-order chi connectivity index (χ0) is 20.3. The number of aliphatic hydroxyl groups is 1. The first-order valence-electron chi connectivity index (χ1n) is 9.59. The van der Waals surface area contributed by atoms with Gasteiger partial charge in [0.25, 0.3) is 0 Å². The molecule has 4 atom stereocenters. The van der Waals surface area contributed by atoms with Crippen molar-refractivity contribution in [3.8, 4) is 11.5 Å². The number of rotatable bonds is 1. The van der Waals surface area contributed by atoms with Crippen LogP contribution in [0.2, 0.25) is 0 Å². The fraction of sp³-hybridized carbons (Fsp3) is 0.600. The average molecular weight is 391 g/mol. The van der Waals surface area contributed by atoms with E-state index >= 15 is 0 Å². The number of carboxylic acid groups (broad SMARTS) is 1. The molecule has 1 aromatic carbocycles. The Hall–Kier alpha value is -2.32. The van der Waals surface area contributed by atoms with Crippen LogP contribution in [0.4, 0.5) is 4.79 Å². The smallest absolute Gasteiger partial charge is 0.504 e. The molecule has 0 aromatic heterocycles. The molecule has 1 aromatic rings. The molecule has 2 bridgehead atoms. The molecule has 28 heavy (non-hydrogen) atoms. The van der Waals surface area contributed by atoms with Crippen molar-refractivity contribution in [2.45, 2.75) is 55.8 Å². The summed E-state index contributed by atoms with van der Waals surface area (Å²) >= 11 is 0. The fourth-order valence-corrected chi connectivity index (χ4v) is 5.66. The second kappa shape index (κ2) is 6.35. The number of phenols is 1. The first kappa shape index (κ1) is 19.0. The largest absolute Gasteiger partial charge is 0.505 e. The summed E-state index contributed by atoms with van der Waals surface area (Å²) in [6.45, 7) is 2.68. The van der Waals surface area contributed by atoms with E-state index in [1.807, 2.05) is 13.1 Å². The number of aromatic hydroxyl groups is 1. The lowest BCUT2D eigenvalue weighted by atomic mass is 9.49. The second-order valence-electron chi connectivity index (χ2n) is 7.96. The summed E-state index contributed by atoms with van der Waals surface area (Å²) in [7, 11) is 2.04. The van der Waals surface area contributed by atoms with E-state index in [1.54, 1.807) is 13.0 Å². The maximum atomic E-state index is 12.5. The summed E-state index contributed by atoms with van der Waals surface area (Å²) < 4.78 is 9.90. The van der Waals surface area contributed by atoms with Crippen molar-refractivity contribution in [1.82, 2.24) is 4.90 Å². The number of nitrogens with zero attached hydrogens (tertiary/aromatic N) is 1. The molecule has 1 saturated heterocycles. The van der Waals surface area contributed by atoms with E-state index in [0.717, 1.165) is 24.1 Å². The van der Waals surface area contributed by atoms with E-state index in [-0.39, 0.29) is 24.2 Å². The van der Waals surface area contributed by atoms with Gasteiger partial charge < -0.3 is 29.7 Å². The first-order chi connectivity index (χ1) is 13.3. The van der Waals surface area contributed by atoms with Gasteiger partial charge in [0.15, 0.2) is 23.4 Å². The van der Waals surface area contributed by atoms with Crippen LogP contribution >= 0.6 is 0 Å². The van der Waals surface area contributed by atoms with Crippen LogP contribution in [0.25, 0.3) is 0 Å². The third-order valence-corrected chi connectivity index (χ3v) is 6.79. The lowest BCUT2D eigenvalue weighted by molar-refractivity contribution is -0.185. The van der Waals surface area contributed by atoms with Gasteiger partial charge in [0.1, 0.15) is 0 Å². The van der Waals surface area contributed by atoms with Gasteiger partial charge in [-0.2, -0.15) is 0 Å². The first-order valence-corrected chi connectivity index (χ1v) is 9.59. The summed E-state index contributed by atoms with van der Waals surface area (Å²) in [5.74, 6) is 0.561. The topological polar surface area (TPSA) is 117 Å². The van der Waals surface area contributed by atoms with Gasteiger partial charge >= 0.3 is 6.16 Å². The zero-order valence-corrected chi connectivity index (χ0v) is 16.0. The van der Waals surface area contributed by atoms with Crippen molar-refractivity contribution in [2.24, 2.45) is 0 Å². The number of hydrogen-bond acceptors (Lipinski definition) is 7. The Kier molecular flexibility index (Phi) is 4.31. The molecule has 0 radical (unpaired) electrons. The van der Waals surface area contributed by atoms with Gasteiger partial charge in [-0.05, 0) is 51.4 Å². The summed E-state index contributed by atoms with van der Waals surface area (Å²) in [5.41, 5.74) is 0.370. The fourth-order valence-electron chi connectivity index (χ4n) is 5.66. The number of likely N-dealkylation sites (N-methyl/N-ethyl adjacent to an activating group) is 1. The van der Waals surface area contributed by atoms with Crippen LogP contribution in [0.3, 0.4) is 0 Å². The molecule has 5 rings (SSSR count). The molecular formula is C20H25NO7. The highest BCUT2D eigenvalue weighted by molar-refractivity contribution is 5.90. The van der Waals surface area contributed by atoms with Gasteiger partial charge in [0.2, 0.25) is 0 Å². The van der Waals surface area contributed by atoms with Crippen LogP contribution < -0.4 is 4.74 Å². The minimum atomic E-state index is -1.21. The third kappa shape index (κ3) is 2.31. The van der Waals surface area contributed by atoms with Gasteiger partial charge in [-0.25, -0.2) is 4.79 Å². The molecule has 2 fully saturated rings. The Balaban J connectivity index is 0.000000283. The number of hydrogen-bond donors (Lipinski definition) is 3. The molecule has 1 saturated carbocycles. The van der Waals surface area contributed by atoms with Crippen molar-refractivity contribution >= 4 is 11.9 Å². The van der Waals surface area contributed by atoms with Crippen LogP contribution in [-0.2, 0) is 21.4 Å². The number of piperidine rings is 1. The van der Waals surface area contributed by atoms with E-state index in [0.29, 0.717) is 25.0 Å². The Morgan fingerprint density at radius 3 is 2.79 bits per heavy atom. The Morgan fingerprint density at radius 2 is 2.14 bits per heavy atom. The molecule has 2 heterocycles. The molecule has 1 spiro atoms. The van der Waals surface area contributed by atoms with Crippen molar-refractivity contribution < 1.29 is 34.4 Å². The molecule has 152 valence electrons. The van der Waals surface area contributed by atoms with Gasteiger partial charge in [-0.3, -0.25) is 4.79 Å². The van der Waals surface area contributed by atoms with Crippen LogP contribution in [0, 0.1) is 0 Å². The van der Waals surface area contributed by atoms with Crippen molar-refractivity contribution in [3.05, 3.63) is 23.3 Å². The molecule has 2 aliphatic heterocycles. The Morgan fingerprint density at radius 1 is 1.39 bits per heavy atom. The van der Waals surface area contributed by atoms with Crippen molar-refractivity contribution in [1.29, 1.82) is 0 Å². The normalized spacial score (nSPS) is 34.6. The second-order valence-corrected chi connectivity index (χ2v) is 7.96. The predicted molar refractivity (Wildman–Crippen MR) is 97.8 cm³/mol. The van der Waals surface area contributed by atoms with Gasteiger partial charge in [-0.1, -0.05) is 6.07 Å². The minimum Gasteiger partial charge on any atom is -0.504 e. The van der Waals surface area contributed by atoms with Crippen LogP contribution in [0.15, 0.2) is 12.1 Å². The lowest BCUT2D eigenvalue weighted by Gasteiger charge is -2.61. The molecule has 0 amide bonds. The van der Waals surface area contributed by atoms with E-state index in [9.17, 15) is 19.8 Å². The molecule has 8 nitrogen and oxygen atoms in total. The number of benzene rings is 1. The van der Waals surface area contributed by atoms with Gasteiger partial charge in [0, 0.05) is 18.0 Å². The Labute approximate surface area is 162 Å². The minimum absolute atomic E-state index is 0.00319. The van der Waals surface area contributed by atoms with Gasteiger partial charge in [-0.15, -0.1) is 0 Å². The molecule has 2 aliphatic carbocycles. The van der Waals surface area contributed by atoms with E-state index in [1.165, 1.54) is 0 Å². The maximum Gasteiger partial charge on any atom is 0.505 e. The standard InChI is InChI=1S/C17H19NO4.C3H6O3/c1-18-7-6-16-13-9-2-3-10(19)14(13)22-15(16)11(20)4-5-17(16,21)12(18)8-9;1-2-6-3(4)5/h2-3,12,15,19,21H,4-8H2,1H3;2H2,1H3,(H,4,5)/t12-,15+,16+,17-;/m1./s1. The summed E-state index contributed by atoms with van der Waals surface area (Å²) in [6, 6.07) is 3.57. The number of ketones is 1. The van der Waals surface area contributed by atoms with E-state index in [4.69, 9.17) is 9.84 Å². The number of phenolic OH excluding ortho intramolecular Hbond substituents is 1.